The van der Waals surface area contributed by atoms with Crippen molar-refractivity contribution in [2.75, 3.05) is 25.0 Å². The molecule has 1 unspecified atom stereocenters. The summed E-state index contributed by atoms with van der Waals surface area (Å²) in [5, 5.41) is 5.24. The molecule has 3 amide bonds. The molecule has 1 aromatic rings. The number of urea groups is 1. The minimum absolute atomic E-state index is 0.105. The van der Waals surface area contributed by atoms with E-state index in [2.05, 4.69) is 15.4 Å². The largest absolute Gasteiger partial charge is 0.573 e. The van der Waals surface area contributed by atoms with Crippen molar-refractivity contribution in [3.63, 3.8) is 0 Å². The number of carbonyl (C=O) groups excluding carboxylic acids is 2. The van der Waals surface area contributed by atoms with Gasteiger partial charge in [-0.15, -0.1) is 13.2 Å². The number of halogens is 3. The average Bonchev–Trinajstić information content (AvgIpc) is 3.02. The van der Waals surface area contributed by atoms with Gasteiger partial charge in [-0.2, -0.15) is 0 Å². The summed E-state index contributed by atoms with van der Waals surface area (Å²) in [6.45, 7) is 3.55. The van der Waals surface area contributed by atoms with Gasteiger partial charge in [0.2, 0.25) is 5.91 Å². The van der Waals surface area contributed by atoms with E-state index in [9.17, 15) is 22.8 Å². The minimum Gasteiger partial charge on any atom is -0.406 e. The Bertz CT molecular complexity index is 605. The van der Waals surface area contributed by atoms with E-state index in [1.165, 1.54) is 12.1 Å². The number of nitrogens with zero attached hydrogens (tertiary/aromatic N) is 1. The lowest BCUT2D eigenvalue weighted by atomic mass is 10.1. The first kappa shape index (κ1) is 18.9. The SMILES string of the molecule is CCC(=O)N1CCC(CNC(=O)Nc2ccc(OC(F)(F)F)cc2)C1. The summed E-state index contributed by atoms with van der Waals surface area (Å²) in [6.07, 6.45) is -3.45. The summed E-state index contributed by atoms with van der Waals surface area (Å²) in [4.78, 5) is 25.2. The van der Waals surface area contributed by atoms with Crippen LogP contribution in [0.4, 0.5) is 23.7 Å². The van der Waals surface area contributed by atoms with Gasteiger partial charge < -0.3 is 20.3 Å². The number of ether oxygens (including phenoxy) is 1. The van der Waals surface area contributed by atoms with Gasteiger partial charge in [0.05, 0.1) is 0 Å². The molecule has 1 aromatic carbocycles. The molecule has 0 saturated carbocycles. The highest BCUT2D eigenvalue weighted by atomic mass is 19.4. The van der Waals surface area contributed by atoms with Crippen molar-refractivity contribution in [3.8, 4) is 5.75 Å². The maximum atomic E-state index is 12.1. The van der Waals surface area contributed by atoms with E-state index < -0.39 is 12.4 Å². The van der Waals surface area contributed by atoms with Crippen LogP contribution in [0.3, 0.4) is 0 Å². The third-order valence-corrected chi connectivity index (χ3v) is 3.84. The molecule has 0 radical (unpaired) electrons. The standard InChI is InChI=1S/C16H20F3N3O3/c1-2-14(23)22-8-7-11(10-22)9-20-15(24)21-12-3-5-13(6-4-12)25-16(17,18)19/h3-6,11H,2,7-10H2,1H3,(H2,20,21,24). The van der Waals surface area contributed by atoms with Crippen molar-refractivity contribution in [2.45, 2.75) is 26.1 Å². The number of carbonyl (C=O) groups is 2. The van der Waals surface area contributed by atoms with E-state index >= 15 is 0 Å². The van der Waals surface area contributed by atoms with Gasteiger partial charge in [0.15, 0.2) is 0 Å². The molecule has 6 nitrogen and oxygen atoms in total. The van der Waals surface area contributed by atoms with Crippen LogP contribution in [0.25, 0.3) is 0 Å². The smallest absolute Gasteiger partial charge is 0.406 e. The fourth-order valence-corrected chi connectivity index (χ4v) is 2.60. The van der Waals surface area contributed by atoms with E-state index in [1.807, 2.05) is 6.92 Å². The van der Waals surface area contributed by atoms with Crippen LogP contribution in [-0.2, 0) is 4.79 Å². The Balaban J connectivity index is 1.74. The molecular formula is C16H20F3N3O3. The normalized spacial score (nSPS) is 17.3. The topological polar surface area (TPSA) is 70.7 Å². The maximum absolute atomic E-state index is 12.1. The molecule has 2 N–H and O–H groups in total. The van der Waals surface area contributed by atoms with Crippen LogP contribution in [0.5, 0.6) is 5.75 Å². The molecule has 2 rings (SSSR count). The highest BCUT2D eigenvalue weighted by Gasteiger charge is 2.31. The second-order valence-corrected chi connectivity index (χ2v) is 5.76. The number of amides is 3. The molecule has 1 saturated heterocycles. The number of alkyl halides is 3. The van der Waals surface area contributed by atoms with Gasteiger partial charge in [-0.05, 0) is 36.6 Å². The zero-order valence-electron chi connectivity index (χ0n) is 13.7. The van der Waals surface area contributed by atoms with Crippen molar-refractivity contribution in [2.24, 2.45) is 5.92 Å². The van der Waals surface area contributed by atoms with Crippen LogP contribution >= 0.6 is 0 Å². The predicted molar refractivity (Wildman–Crippen MR) is 85.1 cm³/mol. The number of benzene rings is 1. The Morgan fingerprint density at radius 1 is 1.28 bits per heavy atom. The zero-order chi connectivity index (χ0) is 18.4. The first-order valence-corrected chi connectivity index (χ1v) is 7.95. The van der Waals surface area contributed by atoms with Gasteiger partial charge in [0, 0.05) is 31.7 Å². The van der Waals surface area contributed by atoms with E-state index in [1.54, 1.807) is 4.90 Å². The fourth-order valence-electron chi connectivity index (χ4n) is 2.60. The summed E-state index contributed by atoms with van der Waals surface area (Å²) in [5.41, 5.74) is 0.348. The minimum atomic E-state index is -4.75. The Kier molecular flexibility index (Phi) is 6.11. The summed E-state index contributed by atoms with van der Waals surface area (Å²) in [6, 6.07) is 4.42. The molecule has 138 valence electrons. The number of hydrogen-bond donors (Lipinski definition) is 2. The number of nitrogens with one attached hydrogen (secondary N) is 2. The van der Waals surface area contributed by atoms with Gasteiger partial charge in [-0.25, -0.2) is 4.79 Å². The molecular weight excluding hydrogens is 339 g/mol. The van der Waals surface area contributed by atoms with Crippen molar-refractivity contribution in [3.05, 3.63) is 24.3 Å². The van der Waals surface area contributed by atoms with Crippen molar-refractivity contribution in [1.82, 2.24) is 10.2 Å². The molecule has 0 bridgehead atoms. The molecule has 0 aliphatic carbocycles. The lowest BCUT2D eigenvalue weighted by molar-refractivity contribution is -0.274. The Morgan fingerprint density at radius 2 is 1.96 bits per heavy atom. The average molecular weight is 359 g/mol. The van der Waals surface area contributed by atoms with E-state index in [0.29, 0.717) is 31.7 Å². The molecule has 25 heavy (non-hydrogen) atoms. The van der Waals surface area contributed by atoms with Crippen LogP contribution in [0.15, 0.2) is 24.3 Å². The van der Waals surface area contributed by atoms with Crippen molar-refractivity contribution >= 4 is 17.6 Å². The van der Waals surface area contributed by atoms with Gasteiger partial charge in [-0.1, -0.05) is 6.92 Å². The number of rotatable bonds is 5. The van der Waals surface area contributed by atoms with E-state index in [-0.39, 0.29) is 17.6 Å². The van der Waals surface area contributed by atoms with Crippen molar-refractivity contribution in [1.29, 1.82) is 0 Å². The van der Waals surface area contributed by atoms with Crippen LogP contribution in [0.1, 0.15) is 19.8 Å². The second-order valence-electron chi connectivity index (χ2n) is 5.76. The first-order chi connectivity index (χ1) is 11.8. The molecule has 1 heterocycles. The first-order valence-electron chi connectivity index (χ1n) is 7.95. The number of anilines is 1. The van der Waals surface area contributed by atoms with Crippen molar-refractivity contribution < 1.29 is 27.5 Å². The molecule has 1 atom stereocenters. The Hall–Kier alpha value is -2.45. The number of hydrogen-bond acceptors (Lipinski definition) is 3. The molecule has 0 aromatic heterocycles. The van der Waals surface area contributed by atoms with Gasteiger partial charge in [0.1, 0.15) is 5.75 Å². The Morgan fingerprint density at radius 3 is 2.56 bits per heavy atom. The second kappa shape index (κ2) is 8.09. The summed E-state index contributed by atoms with van der Waals surface area (Å²) in [7, 11) is 0. The van der Waals surface area contributed by atoms with Crippen LogP contribution in [0, 0.1) is 5.92 Å². The Labute approximate surface area is 143 Å². The predicted octanol–water partition coefficient (Wildman–Crippen LogP) is 2.97. The monoisotopic (exact) mass is 359 g/mol. The van der Waals surface area contributed by atoms with Crippen LogP contribution < -0.4 is 15.4 Å². The molecule has 1 aliphatic rings. The third-order valence-electron chi connectivity index (χ3n) is 3.84. The molecule has 1 fully saturated rings. The summed E-state index contributed by atoms with van der Waals surface area (Å²) >= 11 is 0. The zero-order valence-corrected chi connectivity index (χ0v) is 13.7. The summed E-state index contributed by atoms with van der Waals surface area (Å²) < 4.78 is 40.0. The molecule has 0 spiro atoms. The lowest BCUT2D eigenvalue weighted by Gasteiger charge is -2.16. The lowest BCUT2D eigenvalue weighted by Crippen LogP contribution is -2.35. The third kappa shape index (κ3) is 6.17. The van der Waals surface area contributed by atoms with E-state index in [4.69, 9.17) is 0 Å². The highest BCUT2D eigenvalue weighted by Crippen LogP contribution is 2.24. The van der Waals surface area contributed by atoms with Crippen LogP contribution in [0.2, 0.25) is 0 Å². The fraction of sp³-hybridized carbons (Fsp3) is 0.500. The van der Waals surface area contributed by atoms with Gasteiger partial charge in [0.25, 0.3) is 0 Å². The summed E-state index contributed by atoms with van der Waals surface area (Å²) in [5.74, 6) is -0.0537. The quantitative estimate of drug-likeness (QED) is 0.849. The maximum Gasteiger partial charge on any atom is 0.573 e. The van der Waals surface area contributed by atoms with Gasteiger partial charge >= 0.3 is 12.4 Å². The van der Waals surface area contributed by atoms with Crippen LogP contribution in [-0.4, -0.2) is 42.8 Å². The van der Waals surface area contributed by atoms with E-state index in [0.717, 1.165) is 18.6 Å². The number of likely N-dealkylation sites (tertiary alicyclic amines) is 1. The molecule has 1 aliphatic heterocycles. The highest BCUT2D eigenvalue weighted by molar-refractivity contribution is 5.89. The molecule has 9 heteroatoms. The van der Waals surface area contributed by atoms with Gasteiger partial charge in [-0.3, -0.25) is 4.79 Å².